The van der Waals surface area contributed by atoms with Gasteiger partial charge in [0.1, 0.15) is 11.6 Å². The molecular weight excluding hydrogens is 240 g/mol. The summed E-state index contributed by atoms with van der Waals surface area (Å²) in [6.07, 6.45) is 0. The Morgan fingerprint density at radius 3 is 2.28 bits per heavy atom. The average Bonchev–Trinajstić information content (AvgIpc) is 2.27. The summed E-state index contributed by atoms with van der Waals surface area (Å²) in [5.41, 5.74) is 0.756. The molecular formula is C13H9F2NO2. The maximum absolute atomic E-state index is 13.0. The molecule has 0 fully saturated rings. The average molecular weight is 249 g/mol. The second-order valence-electron chi connectivity index (χ2n) is 3.67. The largest absolute Gasteiger partial charge is 0.478 e. The van der Waals surface area contributed by atoms with Crippen molar-refractivity contribution in [3.05, 3.63) is 59.7 Å². The number of carboxylic acid groups (broad SMARTS) is 1. The number of benzene rings is 2. The van der Waals surface area contributed by atoms with Crippen LogP contribution in [0.4, 0.5) is 20.2 Å². The van der Waals surface area contributed by atoms with E-state index in [9.17, 15) is 13.6 Å². The molecule has 2 rings (SSSR count). The van der Waals surface area contributed by atoms with Gasteiger partial charge in [-0.2, -0.15) is 0 Å². The lowest BCUT2D eigenvalue weighted by Gasteiger charge is -2.07. The highest BCUT2D eigenvalue weighted by Crippen LogP contribution is 2.19. The number of hydrogen-bond acceptors (Lipinski definition) is 2. The topological polar surface area (TPSA) is 49.3 Å². The molecule has 0 aliphatic carbocycles. The number of carboxylic acids is 1. The number of carbonyl (C=O) groups is 1. The molecule has 0 aliphatic rings. The Morgan fingerprint density at radius 1 is 1.00 bits per heavy atom. The van der Waals surface area contributed by atoms with Crippen molar-refractivity contribution < 1.29 is 18.7 Å². The molecule has 0 amide bonds. The van der Waals surface area contributed by atoms with Crippen molar-refractivity contribution in [2.45, 2.75) is 0 Å². The van der Waals surface area contributed by atoms with Gasteiger partial charge in [0.2, 0.25) is 0 Å². The van der Waals surface area contributed by atoms with Gasteiger partial charge in [0, 0.05) is 17.4 Å². The Kier molecular flexibility index (Phi) is 3.23. The van der Waals surface area contributed by atoms with Crippen LogP contribution in [-0.4, -0.2) is 11.1 Å². The summed E-state index contributed by atoms with van der Waals surface area (Å²) in [4.78, 5) is 10.8. The molecule has 0 saturated heterocycles. The summed E-state index contributed by atoms with van der Waals surface area (Å²) < 4.78 is 25.9. The maximum atomic E-state index is 13.0. The molecule has 92 valence electrons. The van der Waals surface area contributed by atoms with E-state index in [1.807, 2.05) is 0 Å². The standard InChI is InChI=1S/C13H9F2NO2/c14-9-5-10(15)7-12(6-9)16-11-3-1-2-8(4-11)13(17)18/h1-7,16H,(H,17,18). The first kappa shape index (κ1) is 12.0. The van der Waals surface area contributed by atoms with Crippen LogP contribution in [0.3, 0.4) is 0 Å². The Bertz CT molecular complexity index is 579. The van der Waals surface area contributed by atoms with Crippen LogP contribution in [-0.2, 0) is 0 Å². The number of rotatable bonds is 3. The molecule has 5 heteroatoms. The quantitative estimate of drug-likeness (QED) is 0.876. The van der Waals surface area contributed by atoms with Crippen molar-refractivity contribution in [3.63, 3.8) is 0 Å². The monoisotopic (exact) mass is 249 g/mol. The van der Waals surface area contributed by atoms with E-state index in [-0.39, 0.29) is 11.3 Å². The lowest BCUT2D eigenvalue weighted by molar-refractivity contribution is 0.0697. The predicted octanol–water partition coefficient (Wildman–Crippen LogP) is 3.41. The first-order chi connectivity index (χ1) is 8.54. The van der Waals surface area contributed by atoms with Gasteiger partial charge < -0.3 is 10.4 Å². The van der Waals surface area contributed by atoms with Crippen molar-refractivity contribution in [1.82, 2.24) is 0 Å². The fourth-order valence-corrected chi connectivity index (χ4v) is 1.52. The third-order valence-corrected chi connectivity index (χ3v) is 2.26. The van der Waals surface area contributed by atoms with Gasteiger partial charge in [-0.1, -0.05) is 6.07 Å². The zero-order valence-corrected chi connectivity index (χ0v) is 9.15. The smallest absolute Gasteiger partial charge is 0.335 e. The fourth-order valence-electron chi connectivity index (χ4n) is 1.52. The van der Waals surface area contributed by atoms with Gasteiger partial charge in [-0.05, 0) is 30.3 Å². The lowest BCUT2D eigenvalue weighted by Crippen LogP contribution is -1.98. The maximum Gasteiger partial charge on any atom is 0.335 e. The molecule has 0 atom stereocenters. The van der Waals surface area contributed by atoms with Crippen LogP contribution in [0, 0.1) is 11.6 Å². The van der Waals surface area contributed by atoms with Gasteiger partial charge in [0.15, 0.2) is 0 Å². The number of aromatic carboxylic acids is 1. The number of nitrogens with one attached hydrogen (secondary N) is 1. The molecule has 0 spiro atoms. The van der Waals surface area contributed by atoms with Gasteiger partial charge in [0.25, 0.3) is 0 Å². The van der Waals surface area contributed by atoms with Gasteiger partial charge in [-0.25, -0.2) is 13.6 Å². The van der Waals surface area contributed by atoms with Crippen LogP contribution < -0.4 is 5.32 Å². The van der Waals surface area contributed by atoms with Crippen LogP contribution in [0.5, 0.6) is 0 Å². The van der Waals surface area contributed by atoms with Crippen LogP contribution in [0.25, 0.3) is 0 Å². The molecule has 2 N–H and O–H groups in total. The van der Waals surface area contributed by atoms with Crippen LogP contribution in [0.1, 0.15) is 10.4 Å². The van der Waals surface area contributed by atoms with E-state index in [0.717, 1.165) is 18.2 Å². The predicted molar refractivity (Wildman–Crippen MR) is 63.0 cm³/mol. The van der Waals surface area contributed by atoms with E-state index in [0.29, 0.717) is 5.69 Å². The zero-order valence-electron chi connectivity index (χ0n) is 9.15. The first-order valence-electron chi connectivity index (χ1n) is 5.11. The molecule has 2 aromatic carbocycles. The van der Waals surface area contributed by atoms with E-state index in [2.05, 4.69) is 5.32 Å². The normalized spacial score (nSPS) is 10.1. The number of hydrogen-bond donors (Lipinski definition) is 2. The highest BCUT2D eigenvalue weighted by Gasteiger charge is 2.04. The van der Waals surface area contributed by atoms with E-state index >= 15 is 0 Å². The van der Waals surface area contributed by atoms with E-state index in [1.54, 1.807) is 12.1 Å². The van der Waals surface area contributed by atoms with Crippen molar-refractivity contribution >= 4 is 17.3 Å². The van der Waals surface area contributed by atoms with Gasteiger partial charge in [-0.3, -0.25) is 0 Å². The van der Waals surface area contributed by atoms with E-state index in [1.165, 1.54) is 12.1 Å². The summed E-state index contributed by atoms with van der Waals surface area (Å²) in [6.45, 7) is 0. The molecule has 0 unspecified atom stereocenters. The molecule has 3 nitrogen and oxygen atoms in total. The second kappa shape index (κ2) is 4.83. The van der Waals surface area contributed by atoms with E-state index < -0.39 is 17.6 Å². The Morgan fingerprint density at radius 2 is 1.67 bits per heavy atom. The Hall–Kier alpha value is -2.43. The van der Waals surface area contributed by atoms with Crippen molar-refractivity contribution in [2.75, 3.05) is 5.32 Å². The van der Waals surface area contributed by atoms with Gasteiger partial charge in [0.05, 0.1) is 5.56 Å². The molecule has 0 saturated carbocycles. The van der Waals surface area contributed by atoms with Crippen molar-refractivity contribution in [2.24, 2.45) is 0 Å². The molecule has 18 heavy (non-hydrogen) atoms. The highest BCUT2D eigenvalue weighted by atomic mass is 19.1. The minimum absolute atomic E-state index is 0.0943. The van der Waals surface area contributed by atoms with E-state index in [4.69, 9.17) is 5.11 Å². The highest BCUT2D eigenvalue weighted by molar-refractivity contribution is 5.89. The lowest BCUT2D eigenvalue weighted by atomic mass is 10.2. The molecule has 0 radical (unpaired) electrons. The summed E-state index contributed by atoms with van der Waals surface area (Å²) in [5, 5.41) is 11.6. The Labute approximate surface area is 102 Å². The number of anilines is 2. The third-order valence-electron chi connectivity index (χ3n) is 2.26. The molecule has 0 bridgehead atoms. The van der Waals surface area contributed by atoms with Crippen LogP contribution in [0.2, 0.25) is 0 Å². The van der Waals surface area contributed by atoms with Crippen molar-refractivity contribution in [1.29, 1.82) is 0 Å². The Balaban J connectivity index is 2.28. The zero-order chi connectivity index (χ0) is 13.1. The second-order valence-corrected chi connectivity index (χ2v) is 3.67. The summed E-state index contributed by atoms with van der Waals surface area (Å²) in [6, 6.07) is 8.97. The summed E-state index contributed by atoms with van der Waals surface area (Å²) >= 11 is 0. The van der Waals surface area contributed by atoms with Crippen LogP contribution >= 0.6 is 0 Å². The fraction of sp³-hybridized carbons (Fsp3) is 0. The van der Waals surface area contributed by atoms with Gasteiger partial charge in [-0.15, -0.1) is 0 Å². The third kappa shape index (κ3) is 2.82. The summed E-state index contributed by atoms with van der Waals surface area (Å²) in [5.74, 6) is -2.47. The van der Waals surface area contributed by atoms with Gasteiger partial charge >= 0.3 is 5.97 Å². The molecule has 2 aromatic rings. The minimum atomic E-state index is -1.07. The first-order valence-corrected chi connectivity index (χ1v) is 5.11. The molecule has 0 aromatic heterocycles. The molecule has 0 heterocycles. The van der Waals surface area contributed by atoms with Crippen LogP contribution in [0.15, 0.2) is 42.5 Å². The van der Waals surface area contributed by atoms with Crippen molar-refractivity contribution in [3.8, 4) is 0 Å². The summed E-state index contributed by atoms with van der Waals surface area (Å²) in [7, 11) is 0. The molecule has 0 aliphatic heterocycles. The SMILES string of the molecule is O=C(O)c1cccc(Nc2cc(F)cc(F)c2)c1. The minimum Gasteiger partial charge on any atom is -0.478 e. The number of halogens is 2.